The van der Waals surface area contributed by atoms with Crippen LogP contribution in [0.3, 0.4) is 0 Å². The van der Waals surface area contributed by atoms with Crippen LogP contribution < -0.4 is 0 Å². The second-order valence-corrected chi connectivity index (χ2v) is 4.92. The first-order chi connectivity index (χ1) is 6.06. The summed E-state index contributed by atoms with van der Waals surface area (Å²) in [6.45, 7) is 2.93. The minimum absolute atomic E-state index is 0.0813. The predicted molar refractivity (Wildman–Crippen MR) is 46.4 cm³/mol. The van der Waals surface area contributed by atoms with Gasteiger partial charge in [0, 0.05) is 13.1 Å². The van der Waals surface area contributed by atoms with Gasteiger partial charge >= 0.3 is 0 Å². The van der Waals surface area contributed by atoms with Crippen molar-refractivity contribution in [1.82, 2.24) is 4.31 Å². The molecule has 1 aliphatic heterocycles. The molecule has 1 fully saturated rings. The molecule has 0 aliphatic carbocycles. The molecule has 1 saturated heterocycles. The fourth-order valence-electron chi connectivity index (χ4n) is 1.21. The molecule has 1 heterocycles. The van der Waals surface area contributed by atoms with E-state index in [2.05, 4.69) is 0 Å². The van der Waals surface area contributed by atoms with Gasteiger partial charge in [-0.1, -0.05) is 0 Å². The van der Waals surface area contributed by atoms with Gasteiger partial charge in [-0.05, 0) is 6.92 Å². The van der Waals surface area contributed by atoms with Gasteiger partial charge < -0.3 is 4.74 Å². The van der Waals surface area contributed by atoms with E-state index in [1.807, 2.05) is 6.92 Å². The van der Waals surface area contributed by atoms with Gasteiger partial charge in [0.05, 0.1) is 18.8 Å². The molecule has 74 valence electrons. The largest absolute Gasteiger partial charge is 0.376 e. The third kappa shape index (κ3) is 2.66. The van der Waals surface area contributed by atoms with Gasteiger partial charge in [0.15, 0.2) is 5.75 Å². The fourth-order valence-corrected chi connectivity index (χ4v) is 2.35. The number of sulfonamides is 1. The average Bonchev–Trinajstić information content (AvgIpc) is 2.04. The molecule has 0 spiro atoms. The van der Waals surface area contributed by atoms with Crippen LogP contribution >= 0.6 is 0 Å². The molecule has 1 atom stereocenters. The SMILES string of the molecule is CC1CN(S(=O)(=O)CC#N)CCO1. The molecule has 0 amide bonds. The smallest absolute Gasteiger partial charge is 0.227 e. The molecule has 0 aromatic heterocycles. The van der Waals surface area contributed by atoms with E-state index >= 15 is 0 Å². The number of rotatable bonds is 2. The first-order valence-electron chi connectivity index (χ1n) is 4.02. The first-order valence-corrected chi connectivity index (χ1v) is 5.63. The molecule has 5 nitrogen and oxygen atoms in total. The van der Waals surface area contributed by atoms with Crippen molar-refractivity contribution in [2.45, 2.75) is 13.0 Å². The van der Waals surface area contributed by atoms with Crippen LogP contribution in [0.15, 0.2) is 0 Å². The van der Waals surface area contributed by atoms with Crippen LogP contribution in [0.4, 0.5) is 0 Å². The highest BCUT2D eigenvalue weighted by Crippen LogP contribution is 2.09. The van der Waals surface area contributed by atoms with Crippen LogP contribution in [-0.2, 0) is 14.8 Å². The Morgan fingerprint density at radius 1 is 1.69 bits per heavy atom. The molecule has 6 heteroatoms. The highest BCUT2D eigenvalue weighted by Gasteiger charge is 2.26. The Balaban J connectivity index is 2.66. The first kappa shape index (κ1) is 10.4. The molecule has 1 aliphatic rings. The van der Waals surface area contributed by atoms with Crippen LogP contribution in [0.5, 0.6) is 0 Å². The van der Waals surface area contributed by atoms with Crippen LogP contribution in [0.25, 0.3) is 0 Å². The van der Waals surface area contributed by atoms with Crippen molar-refractivity contribution in [3.05, 3.63) is 0 Å². The maximum atomic E-state index is 11.4. The maximum absolute atomic E-state index is 11.4. The van der Waals surface area contributed by atoms with Crippen LogP contribution in [0, 0.1) is 11.3 Å². The van der Waals surface area contributed by atoms with Crippen molar-refractivity contribution in [1.29, 1.82) is 5.26 Å². The zero-order chi connectivity index (χ0) is 9.90. The summed E-state index contributed by atoms with van der Waals surface area (Å²) in [6, 6.07) is 1.65. The summed E-state index contributed by atoms with van der Waals surface area (Å²) >= 11 is 0. The van der Waals surface area contributed by atoms with Gasteiger partial charge in [-0.15, -0.1) is 0 Å². The van der Waals surface area contributed by atoms with E-state index in [9.17, 15) is 8.42 Å². The monoisotopic (exact) mass is 204 g/mol. The highest BCUT2D eigenvalue weighted by molar-refractivity contribution is 7.89. The van der Waals surface area contributed by atoms with Crippen molar-refractivity contribution in [2.75, 3.05) is 25.4 Å². The molecule has 0 aromatic rings. The lowest BCUT2D eigenvalue weighted by molar-refractivity contribution is 0.0103. The maximum Gasteiger partial charge on any atom is 0.227 e. The Bertz CT molecular complexity index is 306. The van der Waals surface area contributed by atoms with Gasteiger partial charge in [-0.3, -0.25) is 0 Å². The number of hydrogen-bond donors (Lipinski definition) is 0. The molecule has 0 saturated carbocycles. The Kier molecular flexibility index (Phi) is 3.25. The number of ether oxygens (including phenoxy) is 1. The molecule has 0 bridgehead atoms. The summed E-state index contributed by atoms with van der Waals surface area (Å²) in [5.74, 6) is -0.445. The van der Waals surface area contributed by atoms with Crippen molar-refractivity contribution < 1.29 is 13.2 Å². The minimum atomic E-state index is -3.37. The number of morpholine rings is 1. The van der Waals surface area contributed by atoms with Crippen molar-refractivity contribution >= 4 is 10.0 Å². The Hall–Kier alpha value is -0.640. The summed E-state index contributed by atoms with van der Waals surface area (Å²) in [7, 11) is -3.37. The average molecular weight is 204 g/mol. The van der Waals surface area contributed by atoms with E-state index in [0.29, 0.717) is 19.7 Å². The van der Waals surface area contributed by atoms with Crippen LogP contribution in [0.2, 0.25) is 0 Å². The summed E-state index contributed by atoms with van der Waals surface area (Å²) in [6.07, 6.45) is -0.0813. The fraction of sp³-hybridized carbons (Fsp3) is 0.857. The Morgan fingerprint density at radius 2 is 2.38 bits per heavy atom. The lowest BCUT2D eigenvalue weighted by Crippen LogP contribution is -2.45. The highest BCUT2D eigenvalue weighted by atomic mass is 32.2. The van der Waals surface area contributed by atoms with Crippen molar-refractivity contribution in [3.63, 3.8) is 0 Å². The number of nitriles is 1. The van der Waals surface area contributed by atoms with Crippen molar-refractivity contribution in [2.24, 2.45) is 0 Å². The number of hydrogen-bond acceptors (Lipinski definition) is 4. The molecule has 1 rings (SSSR count). The Labute approximate surface area is 77.9 Å². The third-order valence-corrected chi connectivity index (χ3v) is 3.46. The summed E-state index contributed by atoms with van der Waals surface area (Å²) in [5, 5.41) is 8.31. The minimum Gasteiger partial charge on any atom is -0.376 e. The Morgan fingerprint density at radius 3 is 2.92 bits per heavy atom. The van der Waals surface area contributed by atoms with E-state index in [0.717, 1.165) is 0 Å². The van der Waals surface area contributed by atoms with Gasteiger partial charge in [0.2, 0.25) is 10.0 Å². The topological polar surface area (TPSA) is 70.4 Å². The van der Waals surface area contributed by atoms with Gasteiger partial charge in [0.25, 0.3) is 0 Å². The molecule has 0 aromatic carbocycles. The van der Waals surface area contributed by atoms with Gasteiger partial charge in [0.1, 0.15) is 0 Å². The van der Waals surface area contributed by atoms with Gasteiger partial charge in [-0.25, -0.2) is 8.42 Å². The van der Waals surface area contributed by atoms with E-state index in [1.165, 1.54) is 4.31 Å². The van der Waals surface area contributed by atoms with Crippen LogP contribution in [-0.4, -0.2) is 44.3 Å². The molecule has 13 heavy (non-hydrogen) atoms. The second-order valence-electron chi connectivity index (χ2n) is 2.95. The normalized spacial score (nSPS) is 25.4. The quantitative estimate of drug-likeness (QED) is 0.611. The van der Waals surface area contributed by atoms with E-state index < -0.39 is 15.8 Å². The van der Waals surface area contributed by atoms with Crippen LogP contribution in [0.1, 0.15) is 6.92 Å². The van der Waals surface area contributed by atoms with Gasteiger partial charge in [-0.2, -0.15) is 9.57 Å². The molecule has 0 radical (unpaired) electrons. The third-order valence-electron chi connectivity index (χ3n) is 1.84. The zero-order valence-corrected chi connectivity index (χ0v) is 8.25. The van der Waals surface area contributed by atoms with Crippen molar-refractivity contribution in [3.8, 4) is 6.07 Å². The predicted octanol–water partition coefficient (Wildman–Crippen LogP) is -0.440. The zero-order valence-electron chi connectivity index (χ0n) is 7.43. The molecular weight excluding hydrogens is 192 g/mol. The van der Waals surface area contributed by atoms with E-state index in [-0.39, 0.29) is 6.10 Å². The van der Waals surface area contributed by atoms with E-state index in [4.69, 9.17) is 10.00 Å². The standard InChI is InChI=1S/C7H12N2O3S/c1-7-6-9(3-4-12-7)13(10,11)5-2-8/h7H,3-6H2,1H3. The summed E-state index contributed by atoms with van der Waals surface area (Å²) in [4.78, 5) is 0. The molecule has 1 unspecified atom stereocenters. The second kappa shape index (κ2) is 4.05. The summed E-state index contributed by atoms with van der Waals surface area (Å²) < 4.78 is 29.3. The number of nitrogens with zero attached hydrogens (tertiary/aromatic N) is 2. The lowest BCUT2D eigenvalue weighted by Gasteiger charge is -2.29. The van der Waals surface area contributed by atoms with E-state index in [1.54, 1.807) is 6.07 Å². The molecule has 0 N–H and O–H groups in total. The lowest BCUT2D eigenvalue weighted by atomic mass is 10.3. The summed E-state index contributed by atoms with van der Waals surface area (Å²) in [5.41, 5.74) is 0. The molecular formula is C7H12N2O3S.